The predicted octanol–water partition coefficient (Wildman–Crippen LogP) is 5.01. The summed E-state index contributed by atoms with van der Waals surface area (Å²) in [5.41, 5.74) is 2.97. The van der Waals surface area contributed by atoms with Crippen LogP contribution in [0.5, 0.6) is 0 Å². The van der Waals surface area contributed by atoms with Crippen LogP contribution in [0.2, 0.25) is 0 Å². The molecular formula is C20H20N4O3. The molecule has 2 aromatic rings. The van der Waals surface area contributed by atoms with Crippen LogP contribution in [-0.2, 0) is 5.54 Å². The summed E-state index contributed by atoms with van der Waals surface area (Å²) < 4.78 is 0. The van der Waals surface area contributed by atoms with Crippen LogP contribution >= 0.6 is 0 Å². The normalized spacial score (nSPS) is 18.8. The standard InChI is InChI=1S/C20H20N4O3/c1-2-20(13-15(11-12-25)14-21-20)16-3-5-17(6-4-16)22-23-18-7-9-19(10-8-18)24(26)27/h3-10,13-14,25H,2,11-12H2,1H3. The number of nitro groups is 1. The first-order chi connectivity index (χ1) is 13.1. The smallest absolute Gasteiger partial charge is 0.269 e. The number of aliphatic hydroxyl groups excluding tert-OH is 1. The highest BCUT2D eigenvalue weighted by atomic mass is 16.6. The SMILES string of the molecule is CCC1(c2ccc(N=Nc3ccc([N+](=O)[O-])cc3)cc2)C=C(CCO)C=N1. The first-order valence-electron chi connectivity index (χ1n) is 8.71. The van der Waals surface area contributed by atoms with E-state index >= 15 is 0 Å². The maximum Gasteiger partial charge on any atom is 0.269 e. The highest BCUT2D eigenvalue weighted by molar-refractivity contribution is 5.82. The van der Waals surface area contributed by atoms with Crippen molar-refractivity contribution in [2.24, 2.45) is 15.2 Å². The van der Waals surface area contributed by atoms with Gasteiger partial charge in [-0.25, -0.2) is 0 Å². The number of aliphatic hydroxyl groups is 1. The monoisotopic (exact) mass is 364 g/mol. The van der Waals surface area contributed by atoms with Crippen LogP contribution in [-0.4, -0.2) is 22.9 Å². The third kappa shape index (κ3) is 4.15. The van der Waals surface area contributed by atoms with Crippen LogP contribution < -0.4 is 0 Å². The molecule has 0 saturated heterocycles. The highest BCUT2D eigenvalue weighted by Gasteiger charge is 2.30. The van der Waals surface area contributed by atoms with E-state index in [1.807, 2.05) is 30.5 Å². The average molecular weight is 364 g/mol. The zero-order chi connectivity index (χ0) is 19.3. The minimum Gasteiger partial charge on any atom is -0.396 e. The topological polar surface area (TPSA) is 100 Å². The molecule has 0 aromatic heterocycles. The summed E-state index contributed by atoms with van der Waals surface area (Å²) in [4.78, 5) is 14.9. The molecule has 1 N–H and O–H groups in total. The van der Waals surface area contributed by atoms with Crippen molar-refractivity contribution < 1.29 is 10.0 Å². The fourth-order valence-corrected chi connectivity index (χ4v) is 2.97. The molecule has 7 heteroatoms. The summed E-state index contributed by atoms with van der Waals surface area (Å²) in [5.74, 6) is 0. The van der Waals surface area contributed by atoms with Crippen molar-refractivity contribution in [2.45, 2.75) is 25.3 Å². The number of aliphatic imine (C=N–C) groups is 1. The van der Waals surface area contributed by atoms with E-state index in [1.165, 1.54) is 12.1 Å². The van der Waals surface area contributed by atoms with Gasteiger partial charge in [0.25, 0.3) is 5.69 Å². The maximum absolute atomic E-state index is 10.7. The van der Waals surface area contributed by atoms with Crippen LogP contribution in [0, 0.1) is 10.1 Å². The van der Waals surface area contributed by atoms with E-state index in [4.69, 9.17) is 5.11 Å². The van der Waals surface area contributed by atoms with Crippen molar-refractivity contribution in [1.29, 1.82) is 0 Å². The number of non-ortho nitro benzene ring substituents is 1. The molecular weight excluding hydrogens is 344 g/mol. The first-order valence-corrected chi connectivity index (χ1v) is 8.71. The minimum atomic E-state index is -0.449. The molecule has 1 heterocycles. The van der Waals surface area contributed by atoms with E-state index in [9.17, 15) is 10.1 Å². The van der Waals surface area contributed by atoms with E-state index in [-0.39, 0.29) is 12.3 Å². The van der Waals surface area contributed by atoms with E-state index < -0.39 is 10.5 Å². The van der Waals surface area contributed by atoms with Gasteiger partial charge in [-0.2, -0.15) is 10.2 Å². The Kier molecular flexibility index (Phi) is 5.52. The van der Waals surface area contributed by atoms with Crippen LogP contribution in [0.1, 0.15) is 25.3 Å². The van der Waals surface area contributed by atoms with Gasteiger partial charge in [-0.05, 0) is 54.3 Å². The Balaban J connectivity index is 1.75. The molecule has 1 aliphatic heterocycles. The minimum absolute atomic E-state index is 0.0221. The molecule has 7 nitrogen and oxygen atoms in total. The zero-order valence-electron chi connectivity index (χ0n) is 14.9. The third-order valence-electron chi connectivity index (χ3n) is 4.53. The van der Waals surface area contributed by atoms with Crippen molar-refractivity contribution in [3.05, 3.63) is 75.9 Å². The molecule has 1 atom stereocenters. The Hall–Kier alpha value is -3.19. The van der Waals surface area contributed by atoms with Gasteiger partial charge < -0.3 is 5.11 Å². The number of nitrogens with zero attached hydrogens (tertiary/aromatic N) is 4. The molecule has 0 bridgehead atoms. The van der Waals surface area contributed by atoms with Gasteiger partial charge in [0.1, 0.15) is 5.54 Å². The zero-order valence-corrected chi connectivity index (χ0v) is 14.9. The lowest BCUT2D eigenvalue weighted by atomic mass is 9.87. The van der Waals surface area contributed by atoms with Gasteiger partial charge in [0, 0.05) is 25.0 Å². The summed E-state index contributed by atoms with van der Waals surface area (Å²) in [7, 11) is 0. The second-order valence-electron chi connectivity index (χ2n) is 6.25. The largest absolute Gasteiger partial charge is 0.396 e. The number of benzene rings is 2. The second kappa shape index (κ2) is 8.01. The van der Waals surface area contributed by atoms with Gasteiger partial charge in [-0.1, -0.05) is 19.1 Å². The Morgan fingerprint density at radius 3 is 2.19 bits per heavy atom. The quantitative estimate of drug-likeness (QED) is 0.424. The van der Waals surface area contributed by atoms with Crippen molar-refractivity contribution in [3.8, 4) is 0 Å². The lowest BCUT2D eigenvalue weighted by Crippen LogP contribution is -2.17. The van der Waals surface area contributed by atoms with Crippen LogP contribution in [0.4, 0.5) is 17.1 Å². The van der Waals surface area contributed by atoms with Crippen molar-refractivity contribution in [1.82, 2.24) is 0 Å². The molecule has 2 aromatic carbocycles. The summed E-state index contributed by atoms with van der Waals surface area (Å²) in [5, 5.41) is 28.1. The van der Waals surface area contributed by atoms with Crippen LogP contribution in [0.25, 0.3) is 0 Å². The van der Waals surface area contributed by atoms with E-state index in [1.54, 1.807) is 12.1 Å². The van der Waals surface area contributed by atoms with E-state index in [2.05, 4.69) is 28.2 Å². The number of hydrogen-bond donors (Lipinski definition) is 1. The molecule has 1 unspecified atom stereocenters. The van der Waals surface area contributed by atoms with Crippen LogP contribution in [0.3, 0.4) is 0 Å². The summed E-state index contributed by atoms with van der Waals surface area (Å²) in [6, 6.07) is 13.6. The molecule has 0 aliphatic carbocycles. The fourth-order valence-electron chi connectivity index (χ4n) is 2.97. The van der Waals surface area contributed by atoms with Gasteiger partial charge in [-0.3, -0.25) is 15.1 Å². The van der Waals surface area contributed by atoms with Gasteiger partial charge in [0.05, 0.1) is 16.3 Å². The summed E-state index contributed by atoms with van der Waals surface area (Å²) in [6.45, 7) is 2.19. The van der Waals surface area contributed by atoms with Gasteiger partial charge >= 0.3 is 0 Å². The van der Waals surface area contributed by atoms with Gasteiger partial charge in [0.15, 0.2) is 0 Å². The van der Waals surface area contributed by atoms with E-state index in [0.717, 1.165) is 17.6 Å². The van der Waals surface area contributed by atoms with Crippen molar-refractivity contribution in [3.63, 3.8) is 0 Å². The Labute approximate surface area is 157 Å². The predicted molar refractivity (Wildman–Crippen MR) is 104 cm³/mol. The third-order valence-corrected chi connectivity index (χ3v) is 4.53. The molecule has 0 spiro atoms. The first kappa shape index (κ1) is 18.6. The molecule has 0 saturated carbocycles. The molecule has 3 rings (SSSR count). The number of nitro benzene ring substituents is 1. The number of azo groups is 1. The molecule has 27 heavy (non-hydrogen) atoms. The van der Waals surface area contributed by atoms with E-state index in [0.29, 0.717) is 17.8 Å². The second-order valence-corrected chi connectivity index (χ2v) is 6.25. The van der Waals surface area contributed by atoms with Gasteiger partial charge in [-0.15, -0.1) is 0 Å². The Bertz CT molecular complexity index is 902. The number of hydrogen-bond acceptors (Lipinski definition) is 6. The van der Waals surface area contributed by atoms with Crippen molar-refractivity contribution >= 4 is 23.3 Å². The molecule has 1 aliphatic rings. The van der Waals surface area contributed by atoms with Crippen LogP contribution in [0.15, 0.2) is 75.4 Å². The maximum atomic E-state index is 10.7. The summed E-state index contributed by atoms with van der Waals surface area (Å²) in [6.07, 6.45) is 5.37. The number of rotatable bonds is 7. The molecule has 0 fully saturated rings. The van der Waals surface area contributed by atoms with Gasteiger partial charge in [0.2, 0.25) is 0 Å². The van der Waals surface area contributed by atoms with Crippen molar-refractivity contribution in [2.75, 3.05) is 6.61 Å². The average Bonchev–Trinajstić information content (AvgIpc) is 3.12. The lowest BCUT2D eigenvalue weighted by molar-refractivity contribution is -0.384. The summed E-state index contributed by atoms with van der Waals surface area (Å²) >= 11 is 0. The lowest BCUT2D eigenvalue weighted by Gasteiger charge is -2.23. The molecule has 138 valence electrons. The fraction of sp³-hybridized carbons (Fsp3) is 0.250. The molecule has 0 radical (unpaired) electrons. The molecule has 0 amide bonds. The highest BCUT2D eigenvalue weighted by Crippen LogP contribution is 2.37. The Morgan fingerprint density at radius 1 is 1.07 bits per heavy atom. The Morgan fingerprint density at radius 2 is 1.67 bits per heavy atom.